The number of carbonyl (C=O) groups excluding carboxylic acids is 1. The van der Waals surface area contributed by atoms with Crippen LogP contribution in [0.5, 0.6) is 5.75 Å². The molecule has 0 bridgehead atoms. The van der Waals surface area contributed by atoms with E-state index in [4.69, 9.17) is 21.1 Å². The van der Waals surface area contributed by atoms with Gasteiger partial charge in [-0.05, 0) is 37.6 Å². The van der Waals surface area contributed by atoms with Crippen LogP contribution in [-0.4, -0.2) is 24.8 Å². The van der Waals surface area contributed by atoms with Crippen LogP contribution in [0.4, 0.5) is 0 Å². The SMILES string of the molecule is Cc1cc(Cl)ccc1OC[C@@H]1NC(=O)[C@@H](C)O1. The predicted molar refractivity (Wildman–Crippen MR) is 64.2 cm³/mol. The summed E-state index contributed by atoms with van der Waals surface area (Å²) in [6, 6.07) is 5.39. The first-order chi connectivity index (χ1) is 8.06. The van der Waals surface area contributed by atoms with Gasteiger partial charge < -0.3 is 14.8 Å². The first kappa shape index (κ1) is 12.2. The Hall–Kier alpha value is -1.26. The highest BCUT2D eigenvalue weighted by Crippen LogP contribution is 2.22. The lowest BCUT2D eigenvalue weighted by Crippen LogP contribution is -2.32. The first-order valence-corrected chi connectivity index (χ1v) is 5.79. The number of nitrogens with one attached hydrogen (secondary N) is 1. The molecule has 92 valence electrons. The molecular weight excluding hydrogens is 242 g/mol. The van der Waals surface area contributed by atoms with E-state index in [1.807, 2.05) is 13.0 Å². The molecule has 5 heteroatoms. The van der Waals surface area contributed by atoms with Crippen LogP contribution in [0.2, 0.25) is 5.02 Å². The Balaban J connectivity index is 1.92. The summed E-state index contributed by atoms with van der Waals surface area (Å²) in [5, 5.41) is 3.37. The van der Waals surface area contributed by atoms with Crippen molar-refractivity contribution in [3.05, 3.63) is 28.8 Å². The molecule has 1 heterocycles. The number of benzene rings is 1. The number of carbonyl (C=O) groups is 1. The lowest BCUT2D eigenvalue weighted by molar-refractivity contribution is -0.122. The Morgan fingerprint density at radius 2 is 2.29 bits per heavy atom. The molecule has 4 nitrogen and oxygen atoms in total. The van der Waals surface area contributed by atoms with E-state index >= 15 is 0 Å². The summed E-state index contributed by atoms with van der Waals surface area (Å²) in [4.78, 5) is 11.2. The van der Waals surface area contributed by atoms with Gasteiger partial charge in [-0.25, -0.2) is 0 Å². The number of aryl methyl sites for hydroxylation is 1. The number of halogens is 1. The summed E-state index contributed by atoms with van der Waals surface area (Å²) in [5.41, 5.74) is 0.954. The van der Waals surface area contributed by atoms with Gasteiger partial charge in [-0.3, -0.25) is 4.79 Å². The molecule has 1 aliphatic heterocycles. The molecule has 1 amide bonds. The van der Waals surface area contributed by atoms with Crippen molar-refractivity contribution < 1.29 is 14.3 Å². The van der Waals surface area contributed by atoms with Gasteiger partial charge in [-0.2, -0.15) is 0 Å². The molecule has 0 radical (unpaired) electrons. The maximum absolute atomic E-state index is 11.2. The highest BCUT2D eigenvalue weighted by Gasteiger charge is 2.29. The number of hydrogen-bond acceptors (Lipinski definition) is 3. The summed E-state index contributed by atoms with van der Waals surface area (Å²) in [6.07, 6.45) is -0.789. The van der Waals surface area contributed by atoms with Crippen LogP contribution >= 0.6 is 11.6 Å². The standard InChI is InChI=1S/C12H14ClNO3/c1-7-5-9(13)3-4-10(7)16-6-11-14-12(15)8(2)17-11/h3-5,8,11H,6H2,1-2H3,(H,14,15)/t8-,11-/m1/s1. The molecule has 17 heavy (non-hydrogen) atoms. The number of amides is 1. The molecule has 1 fully saturated rings. The minimum Gasteiger partial charge on any atom is -0.489 e. The van der Waals surface area contributed by atoms with E-state index in [1.165, 1.54) is 0 Å². The summed E-state index contributed by atoms with van der Waals surface area (Å²) in [7, 11) is 0. The maximum Gasteiger partial charge on any atom is 0.251 e. The molecule has 1 aromatic rings. The Kier molecular flexibility index (Phi) is 3.54. The zero-order valence-electron chi connectivity index (χ0n) is 9.70. The summed E-state index contributed by atoms with van der Waals surface area (Å²) in [5.74, 6) is 0.637. The fraction of sp³-hybridized carbons (Fsp3) is 0.417. The normalized spacial score (nSPS) is 23.6. The molecule has 1 aliphatic rings. The Morgan fingerprint density at radius 3 is 2.88 bits per heavy atom. The minimum absolute atomic E-state index is 0.105. The molecule has 1 N–H and O–H groups in total. The molecule has 0 spiro atoms. The highest BCUT2D eigenvalue weighted by molar-refractivity contribution is 6.30. The van der Waals surface area contributed by atoms with Crippen LogP contribution in [-0.2, 0) is 9.53 Å². The Bertz CT molecular complexity index is 436. The second-order valence-corrected chi connectivity index (χ2v) is 4.43. The molecule has 1 saturated heterocycles. The van der Waals surface area contributed by atoms with Gasteiger partial charge in [0.05, 0.1) is 0 Å². The smallest absolute Gasteiger partial charge is 0.251 e. The van der Waals surface area contributed by atoms with Gasteiger partial charge >= 0.3 is 0 Å². The van der Waals surface area contributed by atoms with Crippen LogP contribution in [0, 0.1) is 6.92 Å². The average molecular weight is 256 g/mol. The van der Waals surface area contributed by atoms with Gasteiger partial charge in [0.2, 0.25) is 0 Å². The van der Waals surface area contributed by atoms with Crippen molar-refractivity contribution in [3.63, 3.8) is 0 Å². The van der Waals surface area contributed by atoms with Crippen molar-refractivity contribution >= 4 is 17.5 Å². The molecule has 2 rings (SSSR count). The van der Waals surface area contributed by atoms with Crippen molar-refractivity contribution in [1.82, 2.24) is 5.32 Å². The lowest BCUT2D eigenvalue weighted by Gasteiger charge is -2.13. The number of rotatable bonds is 3. The number of ether oxygens (including phenoxy) is 2. The summed E-state index contributed by atoms with van der Waals surface area (Å²) in [6.45, 7) is 3.92. The summed E-state index contributed by atoms with van der Waals surface area (Å²) < 4.78 is 10.9. The van der Waals surface area contributed by atoms with Crippen LogP contribution in [0.3, 0.4) is 0 Å². The molecule has 2 atom stereocenters. The van der Waals surface area contributed by atoms with Gasteiger partial charge in [0.15, 0.2) is 6.23 Å². The van der Waals surface area contributed by atoms with Crippen LogP contribution in [0.25, 0.3) is 0 Å². The van der Waals surface area contributed by atoms with Crippen molar-refractivity contribution in [3.8, 4) is 5.75 Å². The molecule has 0 unspecified atom stereocenters. The van der Waals surface area contributed by atoms with Crippen LogP contribution in [0.15, 0.2) is 18.2 Å². The summed E-state index contributed by atoms with van der Waals surface area (Å²) >= 11 is 5.85. The third-order valence-corrected chi connectivity index (χ3v) is 2.80. The van der Waals surface area contributed by atoms with E-state index in [1.54, 1.807) is 19.1 Å². The lowest BCUT2D eigenvalue weighted by atomic mass is 10.2. The molecule has 0 saturated carbocycles. The quantitative estimate of drug-likeness (QED) is 0.897. The fourth-order valence-corrected chi connectivity index (χ4v) is 1.87. The predicted octanol–water partition coefficient (Wildman–Crippen LogP) is 1.89. The van der Waals surface area contributed by atoms with Gasteiger partial charge in [-0.15, -0.1) is 0 Å². The monoisotopic (exact) mass is 255 g/mol. The zero-order valence-corrected chi connectivity index (χ0v) is 10.5. The van der Waals surface area contributed by atoms with E-state index in [0.717, 1.165) is 11.3 Å². The molecular formula is C12H14ClNO3. The van der Waals surface area contributed by atoms with Crippen LogP contribution < -0.4 is 10.1 Å². The maximum atomic E-state index is 11.2. The third-order valence-electron chi connectivity index (χ3n) is 2.57. The highest BCUT2D eigenvalue weighted by atomic mass is 35.5. The third kappa shape index (κ3) is 2.90. The van der Waals surface area contributed by atoms with Gasteiger partial charge in [0.25, 0.3) is 5.91 Å². The second-order valence-electron chi connectivity index (χ2n) is 4.00. The van der Waals surface area contributed by atoms with E-state index in [0.29, 0.717) is 11.6 Å². The topological polar surface area (TPSA) is 47.6 Å². The van der Waals surface area contributed by atoms with Crippen molar-refractivity contribution in [2.24, 2.45) is 0 Å². The molecule has 0 aromatic heterocycles. The first-order valence-electron chi connectivity index (χ1n) is 5.41. The number of hydrogen-bond donors (Lipinski definition) is 1. The Morgan fingerprint density at radius 1 is 1.53 bits per heavy atom. The average Bonchev–Trinajstić information content (AvgIpc) is 2.57. The van der Waals surface area contributed by atoms with E-state index in [2.05, 4.69) is 5.32 Å². The van der Waals surface area contributed by atoms with Crippen molar-refractivity contribution in [2.45, 2.75) is 26.2 Å². The van der Waals surface area contributed by atoms with Crippen molar-refractivity contribution in [1.29, 1.82) is 0 Å². The zero-order chi connectivity index (χ0) is 12.4. The molecule has 0 aliphatic carbocycles. The van der Waals surface area contributed by atoms with E-state index in [-0.39, 0.29) is 12.1 Å². The minimum atomic E-state index is -0.407. The largest absolute Gasteiger partial charge is 0.489 e. The molecule has 1 aromatic carbocycles. The van der Waals surface area contributed by atoms with Gasteiger partial charge in [0, 0.05) is 5.02 Å². The van der Waals surface area contributed by atoms with Gasteiger partial charge in [-0.1, -0.05) is 11.6 Å². The van der Waals surface area contributed by atoms with Crippen molar-refractivity contribution in [2.75, 3.05) is 6.61 Å². The Labute approximate surface area is 105 Å². The van der Waals surface area contributed by atoms with E-state index < -0.39 is 6.10 Å². The van der Waals surface area contributed by atoms with Crippen LogP contribution in [0.1, 0.15) is 12.5 Å². The second kappa shape index (κ2) is 4.94. The van der Waals surface area contributed by atoms with Gasteiger partial charge in [0.1, 0.15) is 18.5 Å². The van der Waals surface area contributed by atoms with E-state index in [9.17, 15) is 4.79 Å². The fourth-order valence-electron chi connectivity index (χ4n) is 1.64.